The number of rotatable bonds is 0. The largest absolute Gasteiger partial charge is 0.381 e. The molecule has 0 atom stereocenters. The lowest BCUT2D eigenvalue weighted by molar-refractivity contribution is 0.0807. The first-order valence-electron chi connectivity index (χ1n) is 3.43. The molecule has 1 fully saturated rings. The molecule has 0 aromatic carbocycles. The van der Waals surface area contributed by atoms with Crippen molar-refractivity contribution in [2.75, 3.05) is 13.2 Å². The van der Waals surface area contributed by atoms with Gasteiger partial charge >= 0.3 is 0 Å². The van der Waals surface area contributed by atoms with Gasteiger partial charge in [-0.3, -0.25) is 0 Å². The summed E-state index contributed by atoms with van der Waals surface area (Å²) in [6, 6.07) is 0. The van der Waals surface area contributed by atoms with E-state index in [1.807, 2.05) is 0 Å². The van der Waals surface area contributed by atoms with Crippen molar-refractivity contribution in [3.63, 3.8) is 0 Å². The van der Waals surface area contributed by atoms with Crippen molar-refractivity contribution in [2.45, 2.75) is 12.8 Å². The van der Waals surface area contributed by atoms with Gasteiger partial charge in [0.05, 0.1) is 10.2 Å². The van der Waals surface area contributed by atoms with E-state index in [0.717, 1.165) is 36.3 Å². The molecule has 0 bridgehead atoms. The molecule has 1 aliphatic heterocycles. The van der Waals surface area contributed by atoms with Gasteiger partial charge < -0.3 is 4.74 Å². The molecule has 50 valence electrons. The summed E-state index contributed by atoms with van der Waals surface area (Å²) in [4.78, 5) is 0. The van der Waals surface area contributed by atoms with Crippen LogP contribution >= 0.6 is 0 Å². The van der Waals surface area contributed by atoms with Crippen LogP contribution in [0.25, 0.3) is 0 Å². The molecule has 9 heavy (non-hydrogen) atoms. The molecule has 1 aliphatic rings. The van der Waals surface area contributed by atoms with Crippen molar-refractivity contribution in [1.29, 1.82) is 0 Å². The van der Waals surface area contributed by atoms with Crippen LogP contribution in [0.3, 0.4) is 0 Å². The molecule has 1 rings (SSSR count). The lowest BCUT2D eigenvalue weighted by atomic mass is 10.0. The molecule has 0 radical (unpaired) electrons. The maximum Gasteiger partial charge on any atom is 0.0906 e. The van der Waals surface area contributed by atoms with E-state index in [-0.39, 0.29) is 0 Å². The molecule has 0 aliphatic carbocycles. The Morgan fingerprint density at radius 3 is 2.56 bits per heavy atom. The van der Waals surface area contributed by atoms with E-state index < -0.39 is 0 Å². The summed E-state index contributed by atoms with van der Waals surface area (Å²) in [5.41, 5.74) is 3.07. The van der Waals surface area contributed by atoms with Crippen molar-refractivity contribution >= 4 is 10.2 Å². The summed E-state index contributed by atoms with van der Waals surface area (Å²) in [5, 5.41) is 0. The monoisotopic (exact) mass is 140 g/mol. The van der Waals surface area contributed by atoms with Crippen LogP contribution in [0.5, 0.6) is 0 Å². The van der Waals surface area contributed by atoms with Crippen LogP contribution in [-0.2, 0) is 4.74 Å². The lowest BCUT2D eigenvalue weighted by Gasteiger charge is -2.16. The molecule has 1 saturated heterocycles. The zero-order valence-corrected chi connectivity index (χ0v) is 7.81. The average Bonchev–Trinajstić information content (AvgIpc) is 1.91. The van der Waals surface area contributed by atoms with E-state index in [0.29, 0.717) is 5.92 Å². The summed E-state index contributed by atoms with van der Waals surface area (Å²) in [6.07, 6.45) is 2.30. The predicted octanol–water partition coefficient (Wildman–Crippen LogP) is -0.261. The van der Waals surface area contributed by atoms with Gasteiger partial charge in [-0.25, -0.2) is 0 Å². The first-order valence-corrected chi connectivity index (χ1v) is 4.43. The van der Waals surface area contributed by atoms with E-state index in [2.05, 4.69) is 11.5 Å². The van der Waals surface area contributed by atoms with Gasteiger partial charge in [-0.15, -0.1) is 11.5 Å². The van der Waals surface area contributed by atoms with Crippen LogP contribution in [0, 0.1) is 17.4 Å². The van der Waals surface area contributed by atoms with Crippen molar-refractivity contribution < 1.29 is 4.74 Å². The molecular formula is C7H12OSi. The van der Waals surface area contributed by atoms with Crippen molar-refractivity contribution in [1.82, 2.24) is 0 Å². The third-order valence-electron chi connectivity index (χ3n) is 1.57. The Morgan fingerprint density at radius 1 is 1.33 bits per heavy atom. The lowest BCUT2D eigenvalue weighted by Crippen LogP contribution is -2.13. The molecule has 0 amide bonds. The highest BCUT2D eigenvalue weighted by Gasteiger charge is 2.09. The molecule has 0 saturated carbocycles. The molecule has 0 N–H and O–H groups in total. The second-order valence-electron chi connectivity index (χ2n) is 2.28. The predicted molar refractivity (Wildman–Crippen MR) is 41.3 cm³/mol. The minimum absolute atomic E-state index is 0.649. The van der Waals surface area contributed by atoms with Crippen molar-refractivity contribution in [3.05, 3.63) is 0 Å². The minimum atomic E-state index is 0.649. The fourth-order valence-corrected chi connectivity index (χ4v) is 1.45. The van der Waals surface area contributed by atoms with Crippen LogP contribution in [0.1, 0.15) is 12.8 Å². The summed E-state index contributed by atoms with van der Waals surface area (Å²) >= 11 is 0. The third-order valence-corrected chi connectivity index (χ3v) is 1.86. The first kappa shape index (κ1) is 6.85. The maximum absolute atomic E-state index is 5.19. The zero-order chi connectivity index (χ0) is 6.53. The van der Waals surface area contributed by atoms with Gasteiger partial charge in [-0.2, -0.15) is 0 Å². The Morgan fingerprint density at radius 2 is 2.00 bits per heavy atom. The quantitative estimate of drug-likeness (QED) is 0.333. The summed E-state index contributed by atoms with van der Waals surface area (Å²) in [6.45, 7) is 1.84. The third kappa shape index (κ3) is 2.21. The second-order valence-corrected chi connectivity index (χ2v) is 2.78. The second kappa shape index (κ2) is 3.70. The standard InChI is InChI=1S/C7H12OSi/c9-6-3-7-1-4-8-5-2-7/h7H,1-2,4-5H2,9H3. The molecule has 2 heteroatoms. The topological polar surface area (TPSA) is 9.23 Å². The Kier molecular flexibility index (Phi) is 2.82. The fraction of sp³-hybridized carbons (Fsp3) is 0.714. The Balaban J connectivity index is 2.28. The van der Waals surface area contributed by atoms with E-state index >= 15 is 0 Å². The zero-order valence-electron chi connectivity index (χ0n) is 5.81. The number of hydrogen-bond acceptors (Lipinski definition) is 1. The summed E-state index contributed by atoms with van der Waals surface area (Å²) in [5.74, 6) is 3.87. The van der Waals surface area contributed by atoms with Gasteiger partial charge in [-0.05, 0) is 12.8 Å². The summed E-state index contributed by atoms with van der Waals surface area (Å²) in [7, 11) is 1.02. The maximum atomic E-state index is 5.19. The molecule has 1 nitrogen and oxygen atoms in total. The molecule has 0 aromatic rings. The van der Waals surface area contributed by atoms with Gasteiger partial charge in [-0.1, -0.05) is 0 Å². The van der Waals surface area contributed by atoms with E-state index in [1.165, 1.54) is 0 Å². The first-order chi connectivity index (χ1) is 4.43. The van der Waals surface area contributed by atoms with Gasteiger partial charge in [0.2, 0.25) is 0 Å². The molecule has 0 spiro atoms. The highest BCUT2D eigenvalue weighted by molar-refractivity contribution is 6.22. The van der Waals surface area contributed by atoms with Crippen LogP contribution < -0.4 is 0 Å². The molecule has 0 aromatic heterocycles. The smallest absolute Gasteiger partial charge is 0.0906 e. The van der Waals surface area contributed by atoms with Crippen LogP contribution in [0.4, 0.5) is 0 Å². The van der Waals surface area contributed by atoms with Gasteiger partial charge in [0.15, 0.2) is 0 Å². The Hall–Kier alpha value is -0.263. The molecule has 0 unspecified atom stereocenters. The van der Waals surface area contributed by atoms with Crippen LogP contribution in [0.2, 0.25) is 0 Å². The van der Waals surface area contributed by atoms with Gasteiger partial charge in [0, 0.05) is 19.1 Å². The number of ether oxygens (including phenoxy) is 1. The molecule has 1 heterocycles. The SMILES string of the molecule is [SiH3]C#CC1CCOCC1. The van der Waals surface area contributed by atoms with Crippen molar-refractivity contribution in [2.24, 2.45) is 5.92 Å². The summed E-state index contributed by atoms with van der Waals surface area (Å²) < 4.78 is 5.19. The Labute approximate surface area is 59.2 Å². The highest BCUT2D eigenvalue weighted by atomic mass is 28.1. The van der Waals surface area contributed by atoms with E-state index in [9.17, 15) is 0 Å². The van der Waals surface area contributed by atoms with Crippen molar-refractivity contribution in [3.8, 4) is 11.5 Å². The molecular weight excluding hydrogens is 128 g/mol. The van der Waals surface area contributed by atoms with Gasteiger partial charge in [0.25, 0.3) is 0 Å². The average molecular weight is 140 g/mol. The van der Waals surface area contributed by atoms with Crippen LogP contribution in [0.15, 0.2) is 0 Å². The fourth-order valence-electron chi connectivity index (χ4n) is 1.05. The van der Waals surface area contributed by atoms with Crippen LogP contribution in [-0.4, -0.2) is 23.5 Å². The highest BCUT2D eigenvalue weighted by Crippen LogP contribution is 2.12. The Bertz CT molecular complexity index is 128. The van der Waals surface area contributed by atoms with Gasteiger partial charge in [0.1, 0.15) is 0 Å². The number of hydrogen-bond donors (Lipinski definition) is 0. The minimum Gasteiger partial charge on any atom is -0.381 e. The van der Waals surface area contributed by atoms with E-state index in [1.54, 1.807) is 0 Å². The normalized spacial score (nSPS) is 20.9. The van der Waals surface area contributed by atoms with E-state index in [4.69, 9.17) is 4.74 Å².